The number of nitrogens with zero attached hydrogens (tertiary/aromatic N) is 3. The number of aliphatic hydroxyl groups is 1. The molecule has 0 aromatic heterocycles. The number of hydrogen-bond acceptors (Lipinski definition) is 4. The Bertz CT molecular complexity index is 582. The third-order valence-electron chi connectivity index (χ3n) is 5.16. The van der Waals surface area contributed by atoms with Crippen LogP contribution < -0.4 is 15.0 Å². The lowest BCUT2D eigenvalue weighted by Gasteiger charge is -2.39. The predicted molar refractivity (Wildman–Crippen MR) is 117 cm³/mol. The van der Waals surface area contributed by atoms with E-state index in [1.807, 2.05) is 12.1 Å². The number of ether oxygens (including phenoxy) is 1. The topological polar surface area (TPSA) is 60.3 Å². The van der Waals surface area contributed by atoms with Crippen LogP contribution in [0, 0.1) is 0 Å². The summed E-state index contributed by atoms with van der Waals surface area (Å²) in [5.41, 5.74) is 0.664. The molecule has 1 heterocycles. The van der Waals surface area contributed by atoms with Gasteiger partial charge in [-0.2, -0.15) is 0 Å². The van der Waals surface area contributed by atoms with E-state index in [1.165, 1.54) is 5.69 Å². The van der Waals surface area contributed by atoms with Gasteiger partial charge in [0.05, 0.1) is 19.3 Å². The Morgan fingerprint density at radius 1 is 1.19 bits per heavy atom. The van der Waals surface area contributed by atoms with Crippen LogP contribution in [0.15, 0.2) is 29.3 Å². The van der Waals surface area contributed by atoms with Gasteiger partial charge in [-0.25, -0.2) is 0 Å². The van der Waals surface area contributed by atoms with E-state index in [0.717, 1.165) is 63.7 Å². The number of rotatable bonds is 5. The van der Waals surface area contributed by atoms with Gasteiger partial charge in [-0.05, 0) is 50.5 Å². The molecule has 2 aliphatic rings. The molecule has 0 bridgehead atoms. The zero-order chi connectivity index (χ0) is 17.7. The van der Waals surface area contributed by atoms with Gasteiger partial charge in [0.2, 0.25) is 0 Å². The van der Waals surface area contributed by atoms with E-state index >= 15 is 0 Å². The maximum Gasteiger partial charge on any atom is 0.194 e. The Morgan fingerprint density at radius 2 is 1.85 bits per heavy atom. The Hall–Kier alpha value is -1.22. The highest BCUT2D eigenvalue weighted by Crippen LogP contribution is 2.31. The van der Waals surface area contributed by atoms with Crippen LogP contribution in [-0.2, 0) is 0 Å². The molecule has 0 spiro atoms. The summed E-state index contributed by atoms with van der Waals surface area (Å²) in [7, 11) is 1.69. The van der Waals surface area contributed by atoms with Crippen LogP contribution in [0.1, 0.15) is 26.2 Å². The van der Waals surface area contributed by atoms with E-state index in [0.29, 0.717) is 6.54 Å². The summed E-state index contributed by atoms with van der Waals surface area (Å²) in [5.74, 6) is 1.81. The molecule has 7 heteroatoms. The summed E-state index contributed by atoms with van der Waals surface area (Å²) in [6.45, 7) is 7.21. The first-order chi connectivity index (χ1) is 12.1. The van der Waals surface area contributed by atoms with Crippen LogP contribution in [0.3, 0.4) is 0 Å². The summed E-state index contributed by atoms with van der Waals surface area (Å²) in [6.07, 6.45) is 2.87. The molecule has 0 atom stereocenters. The Kier molecular flexibility index (Phi) is 7.82. The smallest absolute Gasteiger partial charge is 0.194 e. The van der Waals surface area contributed by atoms with Crippen molar-refractivity contribution in [1.82, 2.24) is 10.2 Å². The molecule has 1 saturated carbocycles. The quantitative estimate of drug-likeness (QED) is 0.390. The minimum absolute atomic E-state index is 0. The van der Waals surface area contributed by atoms with E-state index in [2.05, 4.69) is 34.2 Å². The van der Waals surface area contributed by atoms with Gasteiger partial charge in [-0.3, -0.25) is 4.99 Å². The predicted octanol–water partition coefficient (Wildman–Crippen LogP) is 2.32. The number of nitrogens with one attached hydrogen (secondary N) is 1. The summed E-state index contributed by atoms with van der Waals surface area (Å²) in [6, 6.07) is 8.24. The van der Waals surface area contributed by atoms with E-state index in [9.17, 15) is 5.11 Å². The SMILES string of the molecule is CCNC(=NCC1(O)CCC1)N1CCN(c2ccc(OC)cc2)CC1.I. The number of anilines is 1. The maximum absolute atomic E-state index is 10.3. The zero-order valence-corrected chi connectivity index (χ0v) is 18.1. The second kappa shape index (κ2) is 9.64. The molecular weight excluding hydrogens is 443 g/mol. The van der Waals surface area contributed by atoms with Crippen molar-refractivity contribution >= 4 is 35.6 Å². The summed E-state index contributed by atoms with van der Waals surface area (Å²) in [5, 5.41) is 13.7. The van der Waals surface area contributed by atoms with Crippen molar-refractivity contribution in [1.29, 1.82) is 0 Å². The van der Waals surface area contributed by atoms with E-state index in [1.54, 1.807) is 7.11 Å². The summed E-state index contributed by atoms with van der Waals surface area (Å²) < 4.78 is 5.23. The molecule has 0 unspecified atom stereocenters. The number of piperazine rings is 1. The van der Waals surface area contributed by atoms with Crippen molar-refractivity contribution in [3.8, 4) is 5.75 Å². The van der Waals surface area contributed by atoms with Crippen LogP contribution in [-0.4, -0.2) is 67.9 Å². The first-order valence-corrected chi connectivity index (χ1v) is 9.28. The van der Waals surface area contributed by atoms with Gasteiger partial charge in [0.1, 0.15) is 5.75 Å². The Labute approximate surface area is 173 Å². The monoisotopic (exact) mass is 474 g/mol. The van der Waals surface area contributed by atoms with Crippen molar-refractivity contribution in [3.63, 3.8) is 0 Å². The van der Waals surface area contributed by atoms with Crippen molar-refractivity contribution in [2.45, 2.75) is 31.8 Å². The molecule has 1 saturated heterocycles. The lowest BCUT2D eigenvalue weighted by molar-refractivity contribution is -0.0237. The second-order valence-electron chi connectivity index (χ2n) is 6.92. The molecule has 3 rings (SSSR count). The number of halogens is 1. The normalized spacial score (nSPS) is 19.4. The number of aliphatic imine (C=N–C) groups is 1. The van der Waals surface area contributed by atoms with Crippen molar-refractivity contribution in [3.05, 3.63) is 24.3 Å². The highest BCUT2D eigenvalue weighted by molar-refractivity contribution is 14.0. The molecule has 6 nitrogen and oxygen atoms in total. The second-order valence-corrected chi connectivity index (χ2v) is 6.92. The number of benzene rings is 1. The fourth-order valence-corrected chi connectivity index (χ4v) is 3.36. The van der Waals surface area contributed by atoms with Crippen LogP contribution in [0.4, 0.5) is 5.69 Å². The molecule has 0 amide bonds. The van der Waals surface area contributed by atoms with Gasteiger partial charge in [0.15, 0.2) is 5.96 Å². The Morgan fingerprint density at radius 3 is 2.35 bits per heavy atom. The number of guanidine groups is 1. The van der Waals surface area contributed by atoms with Gasteiger partial charge in [0, 0.05) is 38.4 Å². The van der Waals surface area contributed by atoms with Gasteiger partial charge < -0.3 is 25.0 Å². The molecule has 2 fully saturated rings. The molecule has 1 aliphatic carbocycles. The minimum Gasteiger partial charge on any atom is -0.497 e. The zero-order valence-electron chi connectivity index (χ0n) is 15.8. The third-order valence-corrected chi connectivity index (χ3v) is 5.16. The summed E-state index contributed by atoms with van der Waals surface area (Å²) in [4.78, 5) is 9.38. The van der Waals surface area contributed by atoms with Gasteiger partial charge in [-0.1, -0.05) is 0 Å². The van der Waals surface area contributed by atoms with Crippen LogP contribution in [0.2, 0.25) is 0 Å². The lowest BCUT2D eigenvalue weighted by atomic mass is 9.80. The Balaban J connectivity index is 0.00000243. The van der Waals surface area contributed by atoms with Gasteiger partial charge in [-0.15, -0.1) is 24.0 Å². The van der Waals surface area contributed by atoms with E-state index in [4.69, 9.17) is 9.73 Å². The van der Waals surface area contributed by atoms with Crippen LogP contribution >= 0.6 is 24.0 Å². The molecule has 1 aromatic rings. The molecule has 26 heavy (non-hydrogen) atoms. The van der Waals surface area contributed by atoms with Crippen LogP contribution in [0.5, 0.6) is 5.75 Å². The van der Waals surface area contributed by atoms with Gasteiger partial charge in [0.25, 0.3) is 0 Å². The largest absolute Gasteiger partial charge is 0.497 e. The standard InChI is InChI=1S/C19H30N4O2.HI/c1-3-20-18(21-15-19(24)9-4-10-19)23-13-11-22(12-14-23)16-5-7-17(25-2)8-6-16;/h5-8,24H,3-4,9-15H2,1-2H3,(H,20,21);1H. The number of methoxy groups -OCH3 is 1. The lowest BCUT2D eigenvalue weighted by Crippen LogP contribution is -2.53. The average Bonchev–Trinajstić information content (AvgIpc) is 2.64. The van der Waals surface area contributed by atoms with E-state index < -0.39 is 5.60 Å². The molecule has 1 aliphatic heterocycles. The molecule has 1 aromatic carbocycles. The third kappa shape index (κ3) is 5.16. The van der Waals surface area contributed by atoms with Crippen molar-refractivity contribution in [2.24, 2.45) is 4.99 Å². The average molecular weight is 474 g/mol. The highest BCUT2D eigenvalue weighted by atomic mass is 127. The fraction of sp³-hybridized carbons (Fsp3) is 0.632. The highest BCUT2D eigenvalue weighted by Gasteiger charge is 2.34. The van der Waals surface area contributed by atoms with Crippen molar-refractivity contribution < 1.29 is 9.84 Å². The molecule has 0 radical (unpaired) electrons. The van der Waals surface area contributed by atoms with Gasteiger partial charge >= 0.3 is 0 Å². The van der Waals surface area contributed by atoms with Crippen molar-refractivity contribution in [2.75, 3.05) is 51.3 Å². The minimum atomic E-state index is -0.564. The molecule has 2 N–H and O–H groups in total. The van der Waals surface area contributed by atoms with Crippen LogP contribution in [0.25, 0.3) is 0 Å². The van der Waals surface area contributed by atoms with E-state index in [-0.39, 0.29) is 24.0 Å². The first kappa shape index (κ1) is 21.1. The molecule has 146 valence electrons. The first-order valence-electron chi connectivity index (χ1n) is 9.28. The molecular formula is C19H31IN4O2. The summed E-state index contributed by atoms with van der Waals surface area (Å²) >= 11 is 0. The number of hydrogen-bond donors (Lipinski definition) is 2. The maximum atomic E-state index is 10.3. The fourth-order valence-electron chi connectivity index (χ4n) is 3.36.